The van der Waals surface area contributed by atoms with Gasteiger partial charge in [0.1, 0.15) is 5.66 Å². The van der Waals surface area contributed by atoms with Crippen LogP contribution in [0, 0.1) is 5.41 Å². The molecule has 1 saturated carbocycles. The van der Waals surface area contributed by atoms with Gasteiger partial charge in [0.25, 0.3) is 0 Å². The number of rotatable bonds is 5. The van der Waals surface area contributed by atoms with Crippen LogP contribution in [0.15, 0.2) is 36.5 Å². The molecule has 1 atom stereocenters. The van der Waals surface area contributed by atoms with E-state index >= 15 is 0 Å². The Morgan fingerprint density at radius 1 is 0.976 bits per heavy atom. The van der Waals surface area contributed by atoms with E-state index < -0.39 is 11.2 Å². The second-order valence-electron chi connectivity index (χ2n) is 13.5. The summed E-state index contributed by atoms with van der Waals surface area (Å²) in [6, 6.07) is 7.90. The molecule has 11 nitrogen and oxygen atoms in total. The number of nitrogens with one attached hydrogen (secondary N) is 2. The Hall–Kier alpha value is -3.15. The summed E-state index contributed by atoms with van der Waals surface area (Å²) in [7, 11) is 0. The van der Waals surface area contributed by atoms with Crippen LogP contribution >= 0.6 is 0 Å². The average Bonchev–Trinajstić information content (AvgIpc) is 2.96. The van der Waals surface area contributed by atoms with Crippen LogP contribution in [0.2, 0.25) is 0 Å². The van der Waals surface area contributed by atoms with Crippen molar-refractivity contribution >= 4 is 23.7 Å². The molecule has 0 bridgehead atoms. The molecule has 0 aromatic heterocycles. The fraction of sp³-hybridized carbons (Fsp3) is 0.645. The van der Waals surface area contributed by atoms with Crippen LogP contribution < -0.4 is 27.0 Å². The monoisotopic (exact) mass is 580 g/mol. The molecule has 4 aliphatic rings. The summed E-state index contributed by atoms with van der Waals surface area (Å²) in [6.45, 7) is 9.91. The van der Waals surface area contributed by atoms with Gasteiger partial charge in [0.15, 0.2) is 0 Å². The van der Waals surface area contributed by atoms with Crippen molar-refractivity contribution in [1.29, 1.82) is 0 Å². The fourth-order valence-corrected chi connectivity index (χ4v) is 6.67. The lowest BCUT2D eigenvalue weighted by molar-refractivity contribution is -0.137. The lowest BCUT2D eigenvalue weighted by atomic mass is 9.67. The maximum absolute atomic E-state index is 13.1. The zero-order valence-electron chi connectivity index (χ0n) is 25.4. The largest absolute Gasteiger partial charge is 0.338 e. The van der Waals surface area contributed by atoms with Gasteiger partial charge in [-0.3, -0.25) is 14.6 Å². The van der Waals surface area contributed by atoms with E-state index in [0.717, 1.165) is 25.3 Å². The molecule has 11 heteroatoms. The molecule has 2 saturated heterocycles. The number of nitrogens with two attached hydrogens (primary N) is 2. The van der Waals surface area contributed by atoms with Crippen molar-refractivity contribution < 1.29 is 14.4 Å². The predicted molar refractivity (Wildman–Crippen MR) is 163 cm³/mol. The van der Waals surface area contributed by atoms with Gasteiger partial charge in [-0.15, -0.1) is 0 Å². The third kappa shape index (κ3) is 6.90. The summed E-state index contributed by atoms with van der Waals surface area (Å²) < 4.78 is 0. The highest BCUT2D eigenvalue weighted by Gasteiger charge is 2.38. The minimum atomic E-state index is -1.04. The number of likely N-dealkylation sites (tertiary alicyclic amines) is 1. The smallest absolute Gasteiger partial charge is 0.328 e. The Kier molecular flexibility index (Phi) is 8.55. The number of amides is 5. The van der Waals surface area contributed by atoms with Crippen molar-refractivity contribution in [3.05, 3.63) is 42.1 Å². The second kappa shape index (κ2) is 11.9. The van der Waals surface area contributed by atoms with E-state index in [9.17, 15) is 14.4 Å². The third-order valence-corrected chi connectivity index (χ3v) is 9.54. The normalized spacial score (nSPS) is 25.5. The molecule has 6 N–H and O–H groups in total. The molecule has 1 aliphatic carbocycles. The minimum absolute atomic E-state index is 0.129. The summed E-state index contributed by atoms with van der Waals surface area (Å²) in [4.78, 5) is 45.9. The van der Waals surface area contributed by atoms with Gasteiger partial charge in [-0.1, -0.05) is 12.1 Å². The number of anilines is 1. The predicted octanol–water partition coefficient (Wildman–Crippen LogP) is 2.52. The molecule has 230 valence electrons. The molecular formula is C31H48N8O3. The number of nitrogens with zero attached hydrogens (tertiary/aromatic N) is 4. The number of benzene rings is 1. The Balaban J connectivity index is 1.11. The van der Waals surface area contributed by atoms with Gasteiger partial charge in [-0.05, 0) is 102 Å². The molecular weight excluding hydrogens is 532 g/mol. The van der Waals surface area contributed by atoms with E-state index in [4.69, 9.17) is 11.5 Å². The van der Waals surface area contributed by atoms with E-state index in [0.29, 0.717) is 37.6 Å². The summed E-state index contributed by atoms with van der Waals surface area (Å²) >= 11 is 0. The zero-order valence-corrected chi connectivity index (χ0v) is 25.4. The highest BCUT2D eigenvalue weighted by atomic mass is 16.2. The Bertz CT molecular complexity index is 1170. The van der Waals surface area contributed by atoms with Gasteiger partial charge in [0, 0.05) is 45.0 Å². The topological polar surface area (TPSA) is 140 Å². The number of piperidine rings is 1. The highest BCUT2D eigenvalue weighted by Crippen LogP contribution is 2.44. The molecule has 5 amide bonds. The van der Waals surface area contributed by atoms with Crippen LogP contribution in [0.25, 0.3) is 0 Å². The van der Waals surface area contributed by atoms with E-state index in [1.807, 2.05) is 12.1 Å². The molecule has 1 spiro atoms. The molecule has 0 radical (unpaired) electrons. The van der Waals surface area contributed by atoms with Gasteiger partial charge < -0.3 is 31.9 Å². The summed E-state index contributed by atoms with van der Waals surface area (Å²) in [5.41, 5.74) is 12.6. The first-order valence-electron chi connectivity index (χ1n) is 15.4. The van der Waals surface area contributed by atoms with Crippen molar-refractivity contribution in [2.45, 2.75) is 83.1 Å². The van der Waals surface area contributed by atoms with E-state index in [1.54, 1.807) is 47.7 Å². The summed E-state index contributed by atoms with van der Waals surface area (Å²) in [5, 5.41) is 5.84. The number of hydrogen-bond donors (Lipinski definition) is 4. The SMILES string of the molecule is CC1(NC(=O)N2CCN(C(=O)C(C)(C)N)CC2)C=CN(c2ccc(CN3CCC4(CCC(N)CC4)CC3)cc2)C(=O)N1. The van der Waals surface area contributed by atoms with Crippen LogP contribution in [0.3, 0.4) is 0 Å². The van der Waals surface area contributed by atoms with Crippen LogP contribution in [0.1, 0.15) is 64.9 Å². The Morgan fingerprint density at radius 2 is 1.57 bits per heavy atom. The highest BCUT2D eigenvalue weighted by molar-refractivity contribution is 5.96. The number of hydrogen-bond acceptors (Lipinski definition) is 6. The summed E-state index contributed by atoms with van der Waals surface area (Å²) in [5.74, 6) is -0.129. The molecule has 3 heterocycles. The van der Waals surface area contributed by atoms with Gasteiger partial charge in [-0.2, -0.15) is 0 Å². The quantitative estimate of drug-likeness (QED) is 0.422. The maximum atomic E-state index is 13.1. The van der Waals surface area contributed by atoms with Gasteiger partial charge in [-0.25, -0.2) is 9.59 Å². The molecule has 1 unspecified atom stereocenters. The molecule has 1 aromatic rings. The van der Waals surface area contributed by atoms with Gasteiger partial charge >= 0.3 is 12.1 Å². The lowest BCUT2D eigenvalue weighted by Gasteiger charge is -2.45. The molecule has 5 rings (SSSR count). The van der Waals surface area contributed by atoms with Crippen LogP contribution in [-0.2, 0) is 11.3 Å². The first-order chi connectivity index (χ1) is 19.8. The first kappa shape index (κ1) is 30.3. The fourth-order valence-electron chi connectivity index (χ4n) is 6.67. The molecule has 3 aliphatic heterocycles. The van der Waals surface area contributed by atoms with Crippen LogP contribution in [0.5, 0.6) is 0 Å². The number of carbonyl (C=O) groups is 3. The lowest BCUT2D eigenvalue weighted by Crippen LogP contribution is -2.65. The molecule has 3 fully saturated rings. The van der Waals surface area contributed by atoms with Crippen molar-refractivity contribution in [1.82, 2.24) is 25.3 Å². The van der Waals surface area contributed by atoms with Crippen molar-refractivity contribution in [2.75, 3.05) is 44.2 Å². The van der Waals surface area contributed by atoms with Crippen molar-refractivity contribution in [2.24, 2.45) is 16.9 Å². The number of carbonyl (C=O) groups excluding carboxylic acids is 3. The van der Waals surface area contributed by atoms with Crippen molar-refractivity contribution in [3.8, 4) is 0 Å². The van der Waals surface area contributed by atoms with Crippen LogP contribution in [0.4, 0.5) is 15.3 Å². The molecule has 42 heavy (non-hydrogen) atoms. The van der Waals surface area contributed by atoms with Crippen LogP contribution in [-0.4, -0.2) is 89.2 Å². The Morgan fingerprint density at radius 3 is 2.14 bits per heavy atom. The summed E-state index contributed by atoms with van der Waals surface area (Å²) in [6.07, 6.45) is 10.9. The van der Waals surface area contributed by atoms with E-state index in [2.05, 4.69) is 27.7 Å². The van der Waals surface area contributed by atoms with Gasteiger partial charge in [0.05, 0.1) is 11.2 Å². The first-order valence-corrected chi connectivity index (χ1v) is 15.4. The van der Waals surface area contributed by atoms with Gasteiger partial charge in [0.2, 0.25) is 5.91 Å². The number of piperazine rings is 1. The zero-order chi connectivity index (χ0) is 30.1. The standard InChI is InChI=1S/C31H48N8O3/c1-29(2,33)26(40)37-18-20-38(21-19-37)27(41)34-30(3)12-17-39(28(42)35-30)25-6-4-23(5-7-25)22-36-15-13-31(14-16-36)10-8-24(32)9-11-31/h4-7,12,17,24H,8-11,13-16,18-22,32-33H2,1-3H3,(H,34,41)(H,35,42). The van der Waals surface area contributed by atoms with Crippen molar-refractivity contribution in [3.63, 3.8) is 0 Å². The molecule has 1 aromatic carbocycles. The minimum Gasteiger partial charge on any atom is -0.338 e. The van der Waals surface area contributed by atoms with E-state index in [1.165, 1.54) is 44.1 Å². The average molecular weight is 581 g/mol. The Labute approximate surface area is 249 Å². The number of urea groups is 2. The third-order valence-electron chi connectivity index (χ3n) is 9.54. The maximum Gasteiger partial charge on any atom is 0.328 e. The van der Waals surface area contributed by atoms with E-state index in [-0.39, 0.29) is 18.0 Å². The second-order valence-corrected chi connectivity index (χ2v) is 13.5.